The number of halogens is 1. The molecule has 84 valence electrons. The van der Waals surface area contributed by atoms with Crippen LogP contribution in [0.15, 0.2) is 10.7 Å². The summed E-state index contributed by atoms with van der Waals surface area (Å²) in [7, 11) is 1.81. The Bertz CT molecular complexity index is 371. The molecule has 0 unspecified atom stereocenters. The van der Waals surface area contributed by atoms with Crippen molar-refractivity contribution >= 4 is 21.9 Å². The highest BCUT2D eigenvalue weighted by Crippen LogP contribution is 2.26. The third-order valence-electron chi connectivity index (χ3n) is 2.28. The molecule has 1 rings (SSSR count). The van der Waals surface area contributed by atoms with Crippen LogP contribution in [0.25, 0.3) is 0 Å². The fraction of sp³-hybridized carbons (Fsp3) is 0.600. The second-order valence-corrected chi connectivity index (χ2v) is 4.63. The molecule has 0 aliphatic rings. The molecule has 0 atom stereocenters. The standard InChI is InChI=1S/C10H15BrN2O2/c1-5-15-9(14)10(2,3)7-6-8(11)12-13(7)4/h6H,5H2,1-4H3. The molecular formula is C10H15BrN2O2. The number of hydrogen-bond donors (Lipinski definition) is 0. The van der Waals surface area contributed by atoms with E-state index in [1.807, 2.05) is 19.9 Å². The first-order chi connectivity index (χ1) is 6.89. The van der Waals surface area contributed by atoms with Gasteiger partial charge >= 0.3 is 5.97 Å². The van der Waals surface area contributed by atoms with Crippen molar-refractivity contribution in [3.63, 3.8) is 0 Å². The molecule has 15 heavy (non-hydrogen) atoms. The molecule has 0 radical (unpaired) electrons. The SMILES string of the molecule is CCOC(=O)C(C)(C)c1cc(Br)nn1C. The third kappa shape index (κ3) is 2.40. The van der Waals surface area contributed by atoms with Gasteiger partial charge in [0.2, 0.25) is 0 Å². The van der Waals surface area contributed by atoms with Crippen molar-refractivity contribution in [2.45, 2.75) is 26.2 Å². The molecule has 4 nitrogen and oxygen atoms in total. The van der Waals surface area contributed by atoms with Crippen molar-refractivity contribution in [2.75, 3.05) is 6.61 Å². The summed E-state index contributed by atoms with van der Waals surface area (Å²) < 4.78 is 7.43. The number of carbonyl (C=O) groups excluding carboxylic acids is 1. The van der Waals surface area contributed by atoms with Gasteiger partial charge in [0.15, 0.2) is 0 Å². The van der Waals surface area contributed by atoms with Crippen LogP contribution in [-0.4, -0.2) is 22.4 Å². The van der Waals surface area contributed by atoms with Gasteiger partial charge in [0, 0.05) is 7.05 Å². The van der Waals surface area contributed by atoms with E-state index in [1.54, 1.807) is 18.7 Å². The molecule has 0 aromatic carbocycles. The maximum atomic E-state index is 11.7. The van der Waals surface area contributed by atoms with Crippen molar-refractivity contribution in [3.8, 4) is 0 Å². The summed E-state index contributed by atoms with van der Waals surface area (Å²) in [5, 5.41) is 4.15. The van der Waals surface area contributed by atoms with Crippen LogP contribution in [0, 0.1) is 0 Å². The molecule has 0 aliphatic carbocycles. The van der Waals surface area contributed by atoms with Crippen LogP contribution in [0.1, 0.15) is 26.5 Å². The third-order valence-corrected chi connectivity index (χ3v) is 2.66. The Morgan fingerprint density at radius 1 is 1.67 bits per heavy atom. The highest BCUT2D eigenvalue weighted by atomic mass is 79.9. The van der Waals surface area contributed by atoms with Crippen molar-refractivity contribution < 1.29 is 9.53 Å². The molecule has 0 aliphatic heterocycles. The van der Waals surface area contributed by atoms with Crippen molar-refractivity contribution in [3.05, 3.63) is 16.4 Å². The summed E-state index contributed by atoms with van der Waals surface area (Å²) in [6, 6.07) is 1.83. The lowest BCUT2D eigenvalue weighted by Gasteiger charge is -2.22. The smallest absolute Gasteiger partial charge is 0.317 e. The van der Waals surface area contributed by atoms with Crippen LogP contribution in [0.4, 0.5) is 0 Å². The Labute approximate surface area is 97.7 Å². The van der Waals surface area contributed by atoms with E-state index in [1.165, 1.54) is 0 Å². The zero-order valence-corrected chi connectivity index (χ0v) is 11.0. The molecule has 1 heterocycles. The Balaban J connectivity index is 3.04. The van der Waals surface area contributed by atoms with Gasteiger partial charge < -0.3 is 4.74 Å². The van der Waals surface area contributed by atoms with E-state index in [2.05, 4.69) is 21.0 Å². The van der Waals surface area contributed by atoms with E-state index in [0.717, 1.165) is 10.3 Å². The molecular weight excluding hydrogens is 260 g/mol. The molecule has 1 aromatic heterocycles. The number of carbonyl (C=O) groups is 1. The van der Waals surface area contributed by atoms with E-state index in [0.29, 0.717) is 6.61 Å². The minimum absolute atomic E-state index is 0.236. The average Bonchev–Trinajstić information content (AvgIpc) is 2.46. The van der Waals surface area contributed by atoms with Crippen LogP contribution in [0.2, 0.25) is 0 Å². The van der Waals surface area contributed by atoms with E-state index < -0.39 is 5.41 Å². The first kappa shape index (κ1) is 12.2. The second kappa shape index (κ2) is 4.35. The molecule has 0 fully saturated rings. The van der Waals surface area contributed by atoms with Gasteiger partial charge in [0.25, 0.3) is 0 Å². The second-order valence-electron chi connectivity index (χ2n) is 3.82. The van der Waals surface area contributed by atoms with Gasteiger partial charge in [0.1, 0.15) is 10.0 Å². The lowest BCUT2D eigenvalue weighted by molar-refractivity contribution is -0.149. The van der Waals surface area contributed by atoms with Gasteiger partial charge in [-0.1, -0.05) is 0 Å². The molecule has 0 saturated heterocycles. The Hall–Kier alpha value is -0.840. The normalized spacial score (nSPS) is 11.5. The summed E-state index contributed by atoms with van der Waals surface area (Å²) in [5.41, 5.74) is 0.150. The highest BCUT2D eigenvalue weighted by molar-refractivity contribution is 9.10. The van der Waals surface area contributed by atoms with Crippen LogP contribution in [0.3, 0.4) is 0 Å². The topological polar surface area (TPSA) is 44.1 Å². The summed E-state index contributed by atoms with van der Waals surface area (Å²) in [5.74, 6) is -0.236. The largest absolute Gasteiger partial charge is 0.465 e. The number of nitrogens with zero attached hydrogens (tertiary/aromatic N) is 2. The molecule has 0 saturated carbocycles. The molecule has 0 amide bonds. The fourth-order valence-electron chi connectivity index (χ4n) is 1.43. The van der Waals surface area contributed by atoms with Crippen LogP contribution in [0.5, 0.6) is 0 Å². The highest BCUT2D eigenvalue weighted by Gasteiger charge is 2.34. The van der Waals surface area contributed by atoms with Crippen LogP contribution in [-0.2, 0) is 22.0 Å². The number of ether oxygens (including phenoxy) is 1. The van der Waals surface area contributed by atoms with E-state index in [-0.39, 0.29) is 5.97 Å². The lowest BCUT2D eigenvalue weighted by atomic mass is 9.89. The van der Waals surface area contributed by atoms with Crippen LogP contribution < -0.4 is 0 Å². The molecule has 0 N–H and O–H groups in total. The first-order valence-corrected chi connectivity index (χ1v) is 5.56. The molecule has 5 heteroatoms. The Morgan fingerprint density at radius 3 is 2.67 bits per heavy atom. The van der Waals surface area contributed by atoms with Gasteiger partial charge in [-0.2, -0.15) is 5.10 Å². The number of aromatic nitrogens is 2. The number of hydrogen-bond acceptors (Lipinski definition) is 3. The predicted molar refractivity (Wildman–Crippen MR) is 60.6 cm³/mol. The number of rotatable bonds is 3. The van der Waals surface area contributed by atoms with Gasteiger partial charge in [-0.3, -0.25) is 9.48 Å². The Morgan fingerprint density at radius 2 is 2.27 bits per heavy atom. The first-order valence-electron chi connectivity index (χ1n) is 4.76. The summed E-state index contributed by atoms with van der Waals surface area (Å²) in [6.07, 6.45) is 0. The molecule has 1 aromatic rings. The maximum Gasteiger partial charge on any atom is 0.317 e. The minimum Gasteiger partial charge on any atom is -0.465 e. The van der Waals surface area contributed by atoms with Crippen LogP contribution >= 0.6 is 15.9 Å². The fourth-order valence-corrected chi connectivity index (χ4v) is 1.89. The van der Waals surface area contributed by atoms with Gasteiger partial charge in [-0.15, -0.1) is 0 Å². The Kier molecular flexibility index (Phi) is 3.54. The minimum atomic E-state index is -0.677. The maximum absolute atomic E-state index is 11.7. The van der Waals surface area contributed by atoms with Crippen molar-refractivity contribution in [1.82, 2.24) is 9.78 Å². The quantitative estimate of drug-likeness (QED) is 0.793. The zero-order chi connectivity index (χ0) is 11.6. The van der Waals surface area contributed by atoms with E-state index in [9.17, 15) is 4.79 Å². The number of esters is 1. The summed E-state index contributed by atoms with van der Waals surface area (Å²) in [4.78, 5) is 11.7. The van der Waals surface area contributed by atoms with E-state index >= 15 is 0 Å². The summed E-state index contributed by atoms with van der Waals surface area (Å²) >= 11 is 3.28. The molecule has 0 bridgehead atoms. The molecule has 0 spiro atoms. The average molecular weight is 275 g/mol. The monoisotopic (exact) mass is 274 g/mol. The van der Waals surface area contributed by atoms with Gasteiger partial charge in [-0.05, 0) is 42.8 Å². The predicted octanol–water partition coefficient (Wildman–Crippen LogP) is 2.02. The lowest BCUT2D eigenvalue weighted by Crippen LogP contribution is -2.33. The summed E-state index contributed by atoms with van der Waals surface area (Å²) in [6.45, 7) is 5.84. The van der Waals surface area contributed by atoms with Gasteiger partial charge in [0.05, 0.1) is 12.3 Å². The van der Waals surface area contributed by atoms with Crippen molar-refractivity contribution in [2.24, 2.45) is 7.05 Å². The zero-order valence-electron chi connectivity index (χ0n) is 9.37. The van der Waals surface area contributed by atoms with E-state index in [4.69, 9.17) is 4.74 Å². The number of aryl methyl sites for hydroxylation is 1. The van der Waals surface area contributed by atoms with Gasteiger partial charge in [-0.25, -0.2) is 0 Å². The van der Waals surface area contributed by atoms with Crippen molar-refractivity contribution in [1.29, 1.82) is 0 Å².